The smallest absolute Gasteiger partial charge is 0.316 e. The van der Waals surface area contributed by atoms with Gasteiger partial charge in [-0.3, -0.25) is 9.59 Å². The van der Waals surface area contributed by atoms with E-state index in [9.17, 15) is 9.59 Å². The van der Waals surface area contributed by atoms with Crippen LogP contribution in [0.4, 0.5) is 0 Å². The first kappa shape index (κ1) is 18.8. The monoisotopic (exact) mass is 394 g/mol. The number of carbonyl (C=O) groups is 2. The summed E-state index contributed by atoms with van der Waals surface area (Å²) in [4.78, 5) is 29.1. The summed E-state index contributed by atoms with van der Waals surface area (Å²) in [5, 5.41) is 3.21. The summed E-state index contributed by atoms with van der Waals surface area (Å²) >= 11 is 0. The Morgan fingerprint density at radius 2 is 2.00 bits per heavy atom. The van der Waals surface area contributed by atoms with E-state index in [1.54, 1.807) is 18.3 Å². The molecule has 0 aromatic carbocycles. The van der Waals surface area contributed by atoms with Gasteiger partial charge in [-0.25, -0.2) is 4.98 Å². The molecule has 3 fully saturated rings. The number of amides is 1. The molecule has 5 heteroatoms. The first-order valence-electron chi connectivity index (χ1n) is 11.0. The van der Waals surface area contributed by atoms with E-state index in [0.717, 1.165) is 38.5 Å². The molecule has 29 heavy (non-hydrogen) atoms. The van der Waals surface area contributed by atoms with Gasteiger partial charge in [-0.1, -0.05) is 26.0 Å². The molecule has 1 aliphatic heterocycles. The molecular formula is C24H30N2O3. The van der Waals surface area contributed by atoms with Crippen molar-refractivity contribution in [3.8, 4) is 5.88 Å². The number of esters is 1. The third kappa shape index (κ3) is 2.84. The lowest BCUT2D eigenvalue weighted by Crippen LogP contribution is -2.59. The Kier molecular flexibility index (Phi) is 4.34. The van der Waals surface area contributed by atoms with Crippen molar-refractivity contribution in [1.82, 2.24) is 10.3 Å². The number of aromatic nitrogens is 1. The Bertz CT molecular complexity index is 853. The topological polar surface area (TPSA) is 68.3 Å². The summed E-state index contributed by atoms with van der Waals surface area (Å²) in [6.45, 7) is 4.65. The second kappa shape index (κ2) is 6.68. The second-order valence-electron chi connectivity index (χ2n) is 9.98. The highest BCUT2D eigenvalue weighted by Gasteiger charge is 2.61. The third-order valence-electron chi connectivity index (χ3n) is 8.81. The highest BCUT2D eigenvalue weighted by molar-refractivity contribution is 5.89. The Morgan fingerprint density at radius 1 is 1.14 bits per heavy atom. The highest BCUT2D eigenvalue weighted by atomic mass is 16.5. The van der Waals surface area contributed by atoms with Crippen LogP contribution in [-0.4, -0.2) is 22.9 Å². The van der Waals surface area contributed by atoms with Crippen LogP contribution in [0.25, 0.3) is 0 Å². The van der Waals surface area contributed by atoms with Crippen LogP contribution in [0, 0.1) is 34.5 Å². The Labute approximate surface area is 172 Å². The Hall–Kier alpha value is -2.17. The quantitative estimate of drug-likeness (QED) is 0.773. The van der Waals surface area contributed by atoms with Gasteiger partial charge in [0.15, 0.2) is 0 Å². The summed E-state index contributed by atoms with van der Waals surface area (Å²) in [6, 6.07) is 5.66. The molecule has 1 aromatic rings. The number of hydrogen-bond donors (Lipinski definition) is 1. The molecule has 154 valence electrons. The van der Waals surface area contributed by atoms with Crippen molar-refractivity contribution in [2.45, 2.75) is 58.4 Å². The molecule has 1 aromatic heterocycles. The third-order valence-corrected chi connectivity index (χ3v) is 8.81. The van der Waals surface area contributed by atoms with Crippen LogP contribution < -0.4 is 10.1 Å². The number of ether oxygens (including phenoxy) is 1. The molecule has 3 aliphatic carbocycles. The van der Waals surface area contributed by atoms with Gasteiger partial charge in [0.25, 0.3) is 0 Å². The SMILES string of the molecule is C[C@]12C=CC(=O)N[C@@H]1CC[C@@H]1[C@@H]2CC[C@]2(C)[C@@H](C(=O)Oc3ccccn3)CC[C@@H]12. The minimum absolute atomic E-state index is 0.00213. The molecule has 0 saturated heterocycles. The maximum atomic E-state index is 13.0. The van der Waals surface area contributed by atoms with Crippen LogP contribution in [0.2, 0.25) is 0 Å². The maximum Gasteiger partial charge on any atom is 0.316 e. The molecule has 0 bridgehead atoms. The maximum absolute atomic E-state index is 13.0. The molecule has 3 saturated carbocycles. The highest BCUT2D eigenvalue weighted by Crippen LogP contribution is 2.65. The van der Waals surface area contributed by atoms with E-state index in [0.29, 0.717) is 23.6 Å². The number of nitrogens with one attached hydrogen (secondary N) is 1. The number of fused-ring (bicyclic) bond motifs is 5. The van der Waals surface area contributed by atoms with Gasteiger partial charge < -0.3 is 10.1 Å². The summed E-state index contributed by atoms with van der Waals surface area (Å²) in [7, 11) is 0. The van der Waals surface area contributed by atoms with Gasteiger partial charge in [0, 0.05) is 23.7 Å². The van der Waals surface area contributed by atoms with E-state index in [-0.39, 0.29) is 34.7 Å². The normalized spacial score (nSPS) is 43.0. The van der Waals surface area contributed by atoms with Crippen molar-refractivity contribution in [3.05, 3.63) is 36.5 Å². The molecule has 7 atom stereocenters. The van der Waals surface area contributed by atoms with E-state index in [2.05, 4.69) is 30.2 Å². The lowest BCUT2D eigenvalue weighted by Gasteiger charge is -2.58. The first-order valence-corrected chi connectivity index (χ1v) is 11.0. The Balaban J connectivity index is 1.38. The number of pyridine rings is 1. The number of rotatable bonds is 2. The van der Waals surface area contributed by atoms with E-state index in [4.69, 9.17) is 4.74 Å². The van der Waals surface area contributed by atoms with Gasteiger partial charge in [0.05, 0.1) is 5.92 Å². The van der Waals surface area contributed by atoms with E-state index in [1.807, 2.05) is 12.1 Å². The van der Waals surface area contributed by atoms with E-state index >= 15 is 0 Å². The summed E-state index contributed by atoms with van der Waals surface area (Å²) in [5.74, 6) is 2.01. The van der Waals surface area contributed by atoms with Crippen LogP contribution in [0.3, 0.4) is 0 Å². The van der Waals surface area contributed by atoms with Crippen LogP contribution in [0.1, 0.15) is 52.4 Å². The molecule has 5 rings (SSSR count). The Morgan fingerprint density at radius 3 is 2.79 bits per heavy atom. The molecule has 1 N–H and O–H groups in total. The van der Waals surface area contributed by atoms with E-state index < -0.39 is 0 Å². The number of carbonyl (C=O) groups excluding carboxylic acids is 2. The molecule has 5 nitrogen and oxygen atoms in total. The van der Waals surface area contributed by atoms with Crippen LogP contribution in [0.5, 0.6) is 5.88 Å². The predicted octanol–water partition coefficient (Wildman–Crippen LogP) is 3.90. The average molecular weight is 395 g/mol. The van der Waals surface area contributed by atoms with Crippen LogP contribution in [0.15, 0.2) is 36.5 Å². The summed E-state index contributed by atoms with van der Waals surface area (Å²) in [6.07, 6.45) is 11.9. The minimum atomic E-state index is -0.114. The fourth-order valence-corrected chi connectivity index (χ4v) is 7.30. The molecule has 0 unspecified atom stereocenters. The van der Waals surface area contributed by atoms with Crippen molar-refractivity contribution in [1.29, 1.82) is 0 Å². The van der Waals surface area contributed by atoms with Gasteiger partial charge in [0.1, 0.15) is 0 Å². The summed E-state index contributed by atoms with van der Waals surface area (Å²) in [5.41, 5.74) is 0.0303. The molecule has 4 aliphatic rings. The zero-order chi connectivity index (χ0) is 20.2. The largest absolute Gasteiger partial charge is 0.407 e. The first-order chi connectivity index (χ1) is 13.9. The summed E-state index contributed by atoms with van der Waals surface area (Å²) < 4.78 is 5.66. The van der Waals surface area contributed by atoms with Crippen molar-refractivity contribution in [3.63, 3.8) is 0 Å². The number of hydrogen-bond acceptors (Lipinski definition) is 4. The molecule has 0 spiro atoms. The molecule has 0 radical (unpaired) electrons. The lowest BCUT2D eigenvalue weighted by molar-refractivity contribution is -0.147. The average Bonchev–Trinajstić information content (AvgIpc) is 3.06. The standard InChI is InChI=1S/C24H30N2O3/c1-23-12-10-17-15(6-9-19-24(17,2)13-11-20(27)26-19)16(23)7-8-18(23)22(28)29-21-5-3-4-14-25-21/h3-5,11,13-19H,6-10,12H2,1-2H3,(H,26,27)/t15-,16-,17-,18+,19+,23-,24+/m0/s1. The zero-order valence-electron chi connectivity index (χ0n) is 17.3. The fraction of sp³-hybridized carbons (Fsp3) is 0.625. The van der Waals surface area contributed by atoms with Crippen molar-refractivity contribution < 1.29 is 14.3 Å². The molecule has 2 heterocycles. The van der Waals surface area contributed by atoms with Gasteiger partial charge in [-0.15, -0.1) is 0 Å². The molecule has 1 amide bonds. The van der Waals surface area contributed by atoms with Gasteiger partial charge in [0.2, 0.25) is 11.8 Å². The van der Waals surface area contributed by atoms with Crippen LogP contribution in [-0.2, 0) is 9.59 Å². The van der Waals surface area contributed by atoms with Gasteiger partial charge in [-0.2, -0.15) is 0 Å². The predicted molar refractivity (Wildman–Crippen MR) is 109 cm³/mol. The fourth-order valence-electron chi connectivity index (χ4n) is 7.30. The minimum Gasteiger partial charge on any atom is -0.407 e. The van der Waals surface area contributed by atoms with Crippen molar-refractivity contribution in [2.24, 2.45) is 34.5 Å². The second-order valence-corrected chi connectivity index (χ2v) is 9.98. The molecular weight excluding hydrogens is 364 g/mol. The van der Waals surface area contributed by atoms with Crippen LogP contribution >= 0.6 is 0 Å². The zero-order valence-corrected chi connectivity index (χ0v) is 17.3. The van der Waals surface area contributed by atoms with Crippen molar-refractivity contribution in [2.75, 3.05) is 0 Å². The van der Waals surface area contributed by atoms with Crippen molar-refractivity contribution >= 4 is 11.9 Å². The lowest BCUT2D eigenvalue weighted by atomic mass is 9.48. The number of nitrogens with zero attached hydrogens (tertiary/aromatic N) is 1. The van der Waals surface area contributed by atoms with Gasteiger partial charge >= 0.3 is 5.97 Å². The van der Waals surface area contributed by atoms with Gasteiger partial charge in [-0.05, 0) is 73.8 Å². The van der Waals surface area contributed by atoms with E-state index in [1.165, 1.54) is 0 Å².